The number of methoxy groups -OCH3 is 1. The van der Waals surface area contributed by atoms with Crippen LogP contribution in [0.2, 0.25) is 0 Å². The van der Waals surface area contributed by atoms with Crippen LogP contribution < -0.4 is 0 Å². The average molecular weight is 348 g/mol. The molecule has 1 atom stereocenters. The van der Waals surface area contributed by atoms with Crippen molar-refractivity contribution in [3.8, 4) is 0 Å². The first-order valence-corrected chi connectivity index (χ1v) is 8.94. The monoisotopic (exact) mass is 348 g/mol. The highest BCUT2D eigenvalue weighted by atomic mass is 32.2. The van der Waals surface area contributed by atoms with Gasteiger partial charge in [0.15, 0.2) is 0 Å². The second kappa shape index (κ2) is 7.58. The molecule has 3 aromatic rings. The van der Waals surface area contributed by atoms with Crippen molar-refractivity contribution >= 4 is 28.5 Å². The van der Waals surface area contributed by atoms with Crippen molar-refractivity contribution in [3.63, 3.8) is 0 Å². The van der Waals surface area contributed by atoms with Crippen LogP contribution in [-0.4, -0.2) is 13.1 Å². The van der Waals surface area contributed by atoms with Gasteiger partial charge in [0.25, 0.3) is 0 Å². The maximum Gasteiger partial charge on any atom is 0.327 e. The lowest BCUT2D eigenvalue weighted by Crippen LogP contribution is -2.33. The van der Waals surface area contributed by atoms with Gasteiger partial charge in [-0.05, 0) is 34.9 Å². The zero-order valence-corrected chi connectivity index (χ0v) is 15.0. The average Bonchev–Trinajstić information content (AvgIpc) is 2.67. The molecule has 2 nitrogen and oxygen atoms in total. The van der Waals surface area contributed by atoms with Gasteiger partial charge in [-0.3, -0.25) is 4.79 Å². The van der Waals surface area contributed by atoms with Crippen LogP contribution in [0.15, 0.2) is 90.3 Å². The van der Waals surface area contributed by atoms with Crippen molar-refractivity contribution in [1.82, 2.24) is 0 Å². The van der Waals surface area contributed by atoms with Gasteiger partial charge in [0.05, 0.1) is 7.11 Å². The number of esters is 1. The highest BCUT2D eigenvalue weighted by Crippen LogP contribution is 2.47. The van der Waals surface area contributed by atoms with E-state index in [1.807, 2.05) is 54.6 Å². The van der Waals surface area contributed by atoms with E-state index in [1.165, 1.54) is 18.9 Å². The Bertz CT molecular complexity index is 883. The highest BCUT2D eigenvalue weighted by molar-refractivity contribution is 8.01. The maximum atomic E-state index is 13.0. The smallest absolute Gasteiger partial charge is 0.327 e. The number of rotatable bonds is 6. The SMILES string of the molecule is C=CCC(Sc1ccccc1)(C(=O)OC)c1cccc2ccccc12. The van der Waals surface area contributed by atoms with Crippen LogP contribution in [0, 0.1) is 0 Å². The molecule has 0 fully saturated rings. The van der Waals surface area contributed by atoms with Gasteiger partial charge in [0.1, 0.15) is 4.75 Å². The van der Waals surface area contributed by atoms with E-state index in [-0.39, 0.29) is 5.97 Å². The van der Waals surface area contributed by atoms with Crippen molar-refractivity contribution in [1.29, 1.82) is 0 Å². The predicted octanol–water partition coefficient (Wildman–Crippen LogP) is 5.58. The van der Waals surface area contributed by atoms with Crippen LogP contribution >= 0.6 is 11.8 Å². The summed E-state index contributed by atoms with van der Waals surface area (Å²) in [6.45, 7) is 3.89. The van der Waals surface area contributed by atoms with Crippen molar-refractivity contribution in [3.05, 3.63) is 91.0 Å². The molecule has 3 heteroatoms. The van der Waals surface area contributed by atoms with Gasteiger partial charge >= 0.3 is 5.97 Å². The van der Waals surface area contributed by atoms with Crippen LogP contribution in [0.3, 0.4) is 0 Å². The van der Waals surface area contributed by atoms with Gasteiger partial charge in [0, 0.05) is 4.90 Å². The van der Waals surface area contributed by atoms with E-state index < -0.39 is 4.75 Å². The standard InChI is InChI=1S/C22H20O2S/c1-3-16-22(21(23)24-2,25-18-12-5-4-6-13-18)20-15-9-11-17-10-7-8-14-19(17)20/h3-15H,1,16H2,2H3. The van der Waals surface area contributed by atoms with Gasteiger partial charge in [-0.15, -0.1) is 18.3 Å². The first-order chi connectivity index (χ1) is 12.2. The quantitative estimate of drug-likeness (QED) is 0.331. The number of ether oxygens (including phenoxy) is 1. The fourth-order valence-corrected chi connectivity index (χ4v) is 4.43. The summed E-state index contributed by atoms with van der Waals surface area (Å²) >= 11 is 1.52. The Labute approximate surface area is 152 Å². The lowest BCUT2D eigenvalue weighted by atomic mass is 9.90. The zero-order chi connectivity index (χ0) is 17.7. The second-order valence-corrected chi connectivity index (χ2v) is 7.13. The number of thioether (sulfide) groups is 1. The molecule has 0 saturated heterocycles. The van der Waals surface area contributed by atoms with Crippen molar-refractivity contribution < 1.29 is 9.53 Å². The third-order valence-corrected chi connectivity index (χ3v) is 5.62. The Balaban J connectivity index is 2.25. The third kappa shape index (κ3) is 3.33. The molecule has 0 N–H and O–H groups in total. The number of carbonyl (C=O) groups is 1. The molecule has 0 aromatic heterocycles. The van der Waals surface area contributed by atoms with Gasteiger partial charge in [0.2, 0.25) is 0 Å². The third-order valence-electron chi connectivity index (χ3n) is 4.21. The fourth-order valence-electron chi connectivity index (χ4n) is 3.08. The van der Waals surface area contributed by atoms with E-state index in [2.05, 4.69) is 24.8 Å². The largest absolute Gasteiger partial charge is 0.468 e. The molecule has 3 rings (SSSR count). The first-order valence-electron chi connectivity index (χ1n) is 8.13. The van der Waals surface area contributed by atoms with E-state index in [0.29, 0.717) is 6.42 Å². The summed E-state index contributed by atoms with van der Waals surface area (Å²) in [4.78, 5) is 14.0. The molecule has 0 bridgehead atoms. The summed E-state index contributed by atoms with van der Waals surface area (Å²) in [7, 11) is 1.44. The topological polar surface area (TPSA) is 26.3 Å². The van der Waals surface area contributed by atoms with Gasteiger partial charge in [-0.1, -0.05) is 66.7 Å². The Morgan fingerprint density at radius 2 is 1.72 bits per heavy atom. The Morgan fingerprint density at radius 1 is 1.04 bits per heavy atom. The molecule has 0 spiro atoms. The van der Waals surface area contributed by atoms with Crippen LogP contribution in [0.25, 0.3) is 10.8 Å². The van der Waals surface area contributed by atoms with Crippen LogP contribution in [0.4, 0.5) is 0 Å². The highest BCUT2D eigenvalue weighted by Gasteiger charge is 2.42. The molecule has 0 radical (unpaired) electrons. The van der Waals surface area contributed by atoms with E-state index in [0.717, 1.165) is 21.2 Å². The number of allylic oxidation sites excluding steroid dienone is 1. The molecule has 1 unspecified atom stereocenters. The number of hydrogen-bond donors (Lipinski definition) is 0. The van der Waals surface area contributed by atoms with Crippen molar-refractivity contribution in [2.45, 2.75) is 16.1 Å². The normalized spacial score (nSPS) is 13.2. The molecule has 0 amide bonds. The van der Waals surface area contributed by atoms with Crippen LogP contribution in [0.1, 0.15) is 12.0 Å². The summed E-state index contributed by atoms with van der Waals surface area (Å²) in [5.41, 5.74) is 0.950. The molecule has 126 valence electrons. The van der Waals surface area contributed by atoms with Crippen molar-refractivity contribution in [2.75, 3.05) is 7.11 Å². The Kier molecular flexibility index (Phi) is 5.25. The second-order valence-electron chi connectivity index (χ2n) is 5.75. The number of carbonyl (C=O) groups excluding carboxylic acids is 1. The van der Waals surface area contributed by atoms with E-state index in [9.17, 15) is 4.79 Å². The molecular formula is C22H20O2S. The van der Waals surface area contributed by atoms with E-state index in [1.54, 1.807) is 6.08 Å². The van der Waals surface area contributed by atoms with E-state index in [4.69, 9.17) is 4.74 Å². The molecule has 0 saturated carbocycles. The molecular weight excluding hydrogens is 328 g/mol. The fraction of sp³-hybridized carbons (Fsp3) is 0.136. The molecule has 3 aromatic carbocycles. The minimum Gasteiger partial charge on any atom is -0.468 e. The lowest BCUT2D eigenvalue weighted by Gasteiger charge is -2.31. The summed E-state index contributed by atoms with van der Waals surface area (Å²) in [6.07, 6.45) is 2.27. The minimum atomic E-state index is -0.876. The van der Waals surface area contributed by atoms with Crippen molar-refractivity contribution in [2.24, 2.45) is 0 Å². The maximum absolute atomic E-state index is 13.0. The molecule has 0 aliphatic carbocycles. The molecule has 25 heavy (non-hydrogen) atoms. The van der Waals surface area contributed by atoms with Crippen LogP contribution in [-0.2, 0) is 14.3 Å². The number of hydrogen-bond acceptors (Lipinski definition) is 3. The lowest BCUT2D eigenvalue weighted by molar-refractivity contribution is -0.143. The summed E-state index contributed by atoms with van der Waals surface area (Å²) in [6, 6.07) is 24.1. The van der Waals surface area contributed by atoms with Gasteiger partial charge in [-0.25, -0.2) is 0 Å². The molecule has 0 aliphatic rings. The number of benzene rings is 3. The minimum absolute atomic E-state index is 0.266. The molecule has 0 aliphatic heterocycles. The summed E-state index contributed by atoms with van der Waals surface area (Å²) < 4.78 is 4.36. The Hall–Kier alpha value is -2.52. The predicted molar refractivity (Wildman–Crippen MR) is 105 cm³/mol. The van der Waals surface area contributed by atoms with Crippen LogP contribution in [0.5, 0.6) is 0 Å². The zero-order valence-electron chi connectivity index (χ0n) is 14.1. The Morgan fingerprint density at radius 3 is 2.44 bits per heavy atom. The molecule has 0 heterocycles. The first kappa shape index (κ1) is 17.3. The van der Waals surface area contributed by atoms with Gasteiger partial charge in [-0.2, -0.15) is 0 Å². The summed E-state index contributed by atoms with van der Waals surface area (Å²) in [5.74, 6) is -0.266. The summed E-state index contributed by atoms with van der Waals surface area (Å²) in [5, 5.41) is 2.16. The van der Waals surface area contributed by atoms with Gasteiger partial charge < -0.3 is 4.74 Å². The van der Waals surface area contributed by atoms with E-state index >= 15 is 0 Å². The number of fused-ring (bicyclic) bond motifs is 1.